The predicted octanol–water partition coefficient (Wildman–Crippen LogP) is -0.142. The molecule has 1 aromatic heterocycles. The fourth-order valence-electron chi connectivity index (χ4n) is 1.81. The molecule has 0 unspecified atom stereocenters. The molecule has 1 aromatic rings. The van der Waals surface area contributed by atoms with Gasteiger partial charge < -0.3 is 10.6 Å². The highest BCUT2D eigenvalue weighted by Crippen LogP contribution is 2.05. The van der Waals surface area contributed by atoms with Gasteiger partial charge in [-0.25, -0.2) is 4.98 Å². The van der Waals surface area contributed by atoms with Crippen LogP contribution in [0.4, 0.5) is 0 Å². The van der Waals surface area contributed by atoms with Crippen molar-refractivity contribution in [3.8, 4) is 0 Å². The molecule has 0 amide bonds. The standard InChI is InChI=1S/C11H16N4O/c16-11(10-7-13-3-4-15-10)8-14-6-9-1-2-12-5-9/h3-4,7,9,12,14H,1-2,5-6,8H2/t9-/m0/s1. The van der Waals surface area contributed by atoms with E-state index in [1.54, 1.807) is 6.20 Å². The van der Waals surface area contributed by atoms with Crippen molar-refractivity contribution in [3.05, 3.63) is 24.3 Å². The van der Waals surface area contributed by atoms with E-state index in [0.29, 0.717) is 18.2 Å². The van der Waals surface area contributed by atoms with E-state index < -0.39 is 0 Å². The summed E-state index contributed by atoms with van der Waals surface area (Å²) in [6, 6.07) is 0. The molecule has 0 bridgehead atoms. The number of carbonyl (C=O) groups is 1. The quantitative estimate of drug-likeness (QED) is 0.676. The van der Waals surface area contributed by atoms with Gasteiger partial charge in [0.1, 0.15) is 5.69 Å². The molecule has 0 spiro atoms. The molecule has 5 nitrogen and oxygen atoms in total. The summed E-state index contributed by atoms with van der Waals surface area (Å²) >= 11 is 0. The molecular formula is C11H16N4O. The van der Waals surface area contributed by atoms with Crippen molar-refractivity contribution in [2.45, 2.75) is 6.42 Å². The maximum Gasteiger partial charge on any atom is 0.196 e. The Kier molecular flexibility index (Phi) is 3.96. The Morgan fingerprint density at radius 1 is 1.56 bits per heavy atom. The molecule has 5 heteroatoms. The van der Waals surface area contributed by atoms with E-state index in [2.05, 4.69) is 20.6 Å². The second kappa shape index (κ2) is 5.67. The van der Waals surface area contributed by atoms with E-state index in [1.807, 2.05) is 0 Å². The van der Waals surface area contributed by atoms with Crippen molar-refractivity contribution >= 4 is 5.78 Å². The molecule has 2 heterocycles. The van der Waals surface area contributed by atoms with E-state index in [9.17, 15) is 4.79 Å². The molecule has 2 rings (SSSR count). The van der Waals surface area contributed by atoms with Crippen LogP contribution >= 0.6 is 0 Å². The van der Waals surface area contributed by atoms with E-state index >= 15 is 0 Å². The molecule has 1 saturated heterocycles. The molecule has 1 fully saturated rings. The first-order chi connectivity index (χ1) is 7.86. The van der Waals surface area contributed by atoms with Gasteiger partial charge >= 0.3 is 0 Å². The lowest BCUT2D eigenvalue weighted by Gasteiger charge is -2.08. The summed E-state index contributed by atoms with van der Waals surface area (Å²) in [5, 5.41) is 6.46. The Hall–Kier alpha value is -1.33. The Balaban J connectivity index is 1.71. The summed E-state index contributed by atoms with van der Waals surface area (Å²) in [5.41, 5.74) is 0.430. The van der Waals surface area contributed by atoms with Gasteiger partial charge in [0, 0.05) is 12.4 Å². The number of nitrogens with zero attached hydrogens (tertiary/aromatic N) is 2. The molecule has 0 aromatic carbocycles. The average Bonchev–Trinajstić information content (AvgIpc) is 2.83. The fraction of sp³-hybridized carbons (Fsp3) is 0.545. The molecule has 86 valence electrons. The second-order valence-electron chi connectivity index (χ2n) is 4.00. The second-order valence-corrected chi connectivity index (χ2v) is 4.00. The van der Waals surface area contributed by atoms with Crippen LogP contribution in [0.5, 0.6) is 0 Å². The maximum absolute atomic E-state index is 11.6. The van der Waals surface area contributed by atoms with Crippen LogP contribution in [0.15, 0.2) is 18.6 Å². The Bertz CT molecular complexity index is 335. The summed E-state index contributed by atoms with van der Waals surface area (Å²) in [6.07, 6.45) is 5.79. The zero-order valence-corrected chi connectivity index (χ0v) is 9.15. The third-order valence-corrected chi connectivity index (χ3v) is 2.73. The summed E-state index contributed by atoms with van der Waals surface area (Å²) < 4.78 is 0. The number of hydrogen-bond acceptors (Lipinski definition) is 5. The van der Waals surface area contributed by atoms with Crippen molar-refractivity contribution in [2.24, 2.45) is 5.92 Å². The monoisotopic (exact) mass is 220 g/mol. The van der Waals surface area contributed by atoms with Gasteiger partial charge in [0.15, 0.2) is 5.78 Å². The summed E-state index contributed by atoms with van der Waals surface area (Å²) in [4.78, 5) is 19.5. The number of ketones is 1. The average molecular weight is 220 g/mol. The first-order valence-electron chi connectivity index (χ1n) is 5.57. The lowest BCUT2D eigenvalue weighted by Crippen LogP contribution is -2.29. The highest BCUT2D eigenvalue weighted by Gasteiger charge is 2.14. The maximum atomic E-state index is 11.6. The smallest absolute Gasteiger partial charge is 0.196 e. The molecule has 0 radical (unpaired) electrons. The number of carbonyl (C=O) groups excluding carboxylic acids is 1. The minimum atomic E-state index is -0.000874. The van der Waals surface area contributed by atoms with Crippen LogP contribution in [0.3, 0.4) is 0 Å². The number of rotatable bonds is 5. The minimum absolute atomic E-state index is 0.000874. The summed E-state index contributed by atoms with van der Waals surface area (Å²) in [6.45, 7) is 3.37. The third-order valence-electron chi connectivity index (χ3n) is 2.73. The van der Waals surface area contributed by atoms with Crippen LogP contribution < -0.4 is 10.6 Å². The van der Waals surface area contributed by atoms with Crippen molar-refractivity contribution in [2.75, 3.05) is 26.2 Å². The Morgan fingerprint density at radius 2 is 2.50 bits per heavy atom. The predicted molar refractivity (Wildman–Crippen MR) is 60.2 cm³/mol. The van der Waals surface area contributed by atoms with Gasteiger partial charge in [-0.3, -0.25) is 9.78 Å². The molecule has 16 heavy (non-hydrogen) atoms. The van der Waals surface area contributed by atoms with E-state index in [1.165, 1.54) is 18.8 Å². The third kappa shape index (κ3) is 3.08. The van der Waals surface area contributed by atoms with Crippen molar-refractivity contribution < 1.29 is 4.79 Å². The largest absolute Gasteiger partial charge is 0.316 e. The normalized spacial score (nSPS) is 19.9. The van der Waals surface area contributed by atoms with Gasteiger partial charge in [-0.05, 0) is 32.0 Å². The highest BCUT2D eigenvalue weighted by atomic mass is 16.1. The van der Waals surface area contributed by atoms with Crippen LogP contribution in [0.25, 0.3) is 0 Å². The van der Waals surface area contributed by atoms with E-state index in [0.717, 1.165) is 19.6 Å². The summed E-state index contributed by atoms with van der Waals surface area (Å²) in [5.74, 6) is 0.647. The van der Waals surface area contributed by atoms with Crippen LogP contribution in [-0.4, -0.2) is 41.9 Å². The van der Waals surface area contributed by atoms with Gasteiger partial charge in [0.05, 0.1) is 12.7 Å². The van der Waals surface area contributed by atoms with E-state index in [-0.39, 0.29) is 5.78 Å². The molecule has 0 aliphatic carbocycles. The zero-order chi connectivity index (χ0) is 11.2. The van der Waals surface area contributed by atoms with Crippen molar-refractivity contribution in [1.82, 2.24) is 20.6 Å². The van der Waals surface area contributed by atoms with Crippen LogP contribution in [0.1, 0.15) is 16.9 Å². The fourth-order valence-corrected chi connectivity index (χ4v) is 1.81. The SMILES string of the molecule is O=C(CNC[C@H]1CCNC1)c1cnccn1. The van der Waals surface area contributed by atoms with Gasteiger partial charge in [-0.15, -0.1) is 0 Å². The first kappa shape index (κ1) is 11.2. The molecule has 1 aliphatic heterocycles. The zero-order valence-electron chi connectivity index (χ0n) is 9.15. The van der Waals surface area contributed by atoms with Crippen molar-refractivity contribution in [1.29, 1.82) is 0 Å². The van der Waals surface area contributed by atoms with Gasteiger partial charge in [-0.2, -0.15) is 0 Å². The number of hydrogen-bond donors (Lipinski definition) is 2. The lowest BCUT2D eigenvalue weighted by atomic mass is 10.1. The topological polar surface area (TPSA) is 66.9 Å². The minimum Gasteiger partial charge on any atom is -0.316 e. The molecular weight excluding hydrogens is 204 g/mol. The number of Topliss-reactive ketones (excluding diaryl/α,β-unsaturated/α-hetero) is 1. The van der Waals surface area contributed by atoms with Crippen LogP contribution in [0.2, 0.25) is 0 Å². The molecule has 1 aliphatic rings. The lowest BCUT2D eigenvalue weighted by molar-refractivity contribution is 0.0985. The molecule has 2 N–H and O–H groups in total. The van der Waals surface area contributed by atoms with Gasteiger partial charge in [0.25, 0.3) is 0 Å². The Morgan fingerprint density at radius 3 is 3.19 bits per heavy atom. The van der Waals surface area contributed by atoms with Gasteiger partial charge in [-0.1, -0.05) is 0 Å². The van der Waals surface area contributed by atoms with Crippen LogP contribution in [0, 0.1) is 5.92 Å². The molecule has 1 atom stereocenters. The number of nitrogens with one attached hydrogen (secondary N) is 2. The molecule has 0 saturated carbocycles. The Labute approximate surface area is 94.7 Å². The van der Waals surface area contributed by atoms with E-state index in [4.69, 9.17) is 0 Å². The van der Waals surface area contributed by atoms with Gasteiger partial charge in [0.2, 0.25) is 0 Å². The first-order valence-corrected chi connectivity index (χ1v) is 5.57. The highest BCUT2D eigenvalue weighted by molar-refractivity contribution is 5.95. The number of aromatic nitrogens is 2. The summed E-state index contributed by atoms with van der Waals surface area (Å²) in [7, 11) is 0. The van der Waals surface area contributed by atoms with Crippen LogP contribution in [-0.2, 0) is 0 Å². The van der Waals surface area contributed by atoms with Crippen molar-refractivity contribution in [3.63, 3.8) is 0 Å².